The van der Waals surface area contributed by atoms with Gasteiger partial charge in [-0.25, -0.2) is 8.42 Å². The maximum absolute atomic E-state index is 13.1. The number of carbonyl (C=O) groups is 1. The van der Waals surface area contributed by atoms with Gasteiger partial charge in [-0.15, -0.1) is 0 Å². The molecule has 0 bridgehead atoms. The van der Waals surface area contributed by atoms with Gasteiger partial charge < -0.3 is 9.73 Å². The number of aryl methyl sites for hydroxylation is 2. The van der Waals surface area contributed by atoms with E-state index in [1.165, 1.54) is 23.8 Å². The second-order valence-electron chi connectivity index (χ2n) is 7.62. The number of amides is 1. The zero-order valence-electron chi connectivity index (χ0n) is 16.5. The molecule has 0 spiro atoms. The van der Waals surface area contributed by atoms with Crippen LogP contribution in [0.25, 0.3) is 0 Å². The third kappa shape index (κ3) is 4.55. The van der Waals surface area contributed by atoms with Crippen LogP contribution in [0.1, 0.15) is 34.5 Å². The second-order valence-corrected chi connectivity index (χ2v) is 9.55. The summed E-state index contributed by atoms with van der Waals surface area (Å²) in [6, 6.07) is 8.92. The SMILES string of the molecule is O=C(NCCN1CCN(S(=O)(=O)c2ccc3c(c2)CCCC3)CC1)c1ccco1. The first-order chi connectivity index (χ1) is 14.0. The van der Waals surface area contributed by atoms with Crippen molar-refractivity contribution in [1.29, 1.82) is 0 Å². The average molecular weight is 418 g/mol. The molecule has 1 N–H and O–H groups in total. The van der Waals surface area contributed by atoms with Crippen molar-refractivity contribution in [2.75, 3.05) is 39.3 Å². The summed E-state index contributed by atoms with van der Waals surface area (Å²) in [5.74, 6) is 0.0644. The number of piperazine rings is 1. The maximum Gasteiger partial charge on any atom is 0.287 e. The molecule has 156 valence electrons. The first-order valence-corrected chi connectivity index (χ1v) is 11.6. The Morgan fingerprint density at radius 3 is 2.52 bits per heavy atom. The van der Waals surface area contributed by atoms with Gasteiger partial charge in [0, 0.05) is 39.3 Å². The lowest BCUT2D eigenvalue weighted by atomic mass is 9.92. The molecule has 1 fully saturated rings. The largest absolute Gasteiger partial charge is 0.459 e. The Labute approximate surface area is 171 Å². The van der Waals surface area contributed by atoms with Crippen molar-refractivity contribution in [3.05, 3.63) is 53.5 Å². The zero-order chi connectivity index (χ0) is 20.3. The zero-order valence-corrected chi connectivity index (χ0v) is 17.3. The molecule has 1 aliphatic carbocycles. The van der Waals surface area contributed by atoms with Gasteiger partial charge in [-0.3, -0.25) is 9.69 Å². The molecular formula is C21H27N3O4S. The van der Waals surface area contributed by atoms with Gasteiger partial charge >= 0.3 is 0 Å². The van der Waals surface area contributed by atoms with E-state index in [1.54, 1.807) is 22.5 Å². The number of nitrogens with one attached hydrogen (secondary N) is 1. The minimum Gasteiger partial charge on any atom is -0.459 e. The summed E-state index contributed by atoms with van der Waals surface area (Å²) in [5, 5.41) is 2.82. The van der Waals surface area contributed by atoms with Gasteiger partial charge in [0.2, 0.25) is 10.0 Å². The molecule has 4 rings (SSSR count). The van der Waals surface area contributed by atoms with Crippen molar-refractivity contribution >= 4 is 15.9 Å². The summed E-state index contributed by atoms with van der Waals surface area (Å²) in [6.07, 6.45) is 5.80. The third-order valence-corrected chi connectivity index (χ3v) is 7.64. The smallest absolute Gasteiger partial charge is 0.287 e. The molecule has 2 heterocycles. The highest BCUT2D eigenvalue weighted by Crippen LogP contribution is 2.26. The van der Waals surface area contributed by atoms with E-state index in [2.05, 4.69) is 10.2 Å². The number of benzene rings is 1. The number of fused-ring (bicyclic) bond motifs is 1. The fourth-order valence-electron chi connectivity index (χ4n) is 4.04. The normalized spacial score (nSPS) is 18.3. The van der Waals surface area contributed by atoms with Gasteiger partial charge in [-0.05, 0) is 61.1 Å². The maximum atomic E-state index is 13.1. The lowest BCUT2D eigenvalue weighted by molar-refractivity contribution is 0.0917. The minimum absolute atomic E-state index is 0.233. The van der Waals surface area contributed by atoms with Crippen LogP contribution in [0.15, 0.2) is 45.9 Å². The average Bonchev–Trinajstić information content (AvgIpc) is 3.29. The Balaban J connectivity index is 1.29. The van der Waals surface area contributed by atoms with Crippen LogP contribution in [0.3, 0.4) is 0 Å². The fourth-order valence-corrected chi connectivity index (χ4v) is 5.51. The number of rotatable bonds is 6. The van der Waals surface area contributed by atoms with Crippen LogP contribution in [0.4, 0.5) is 0 Å². The number of hydrogen-bond donors (Lipinski definition) is 1. The van der Waals surface area contributed by atoms with Gasteiger partial charge in [0.05, 0.1) is 11.2 Å². The molecule has 1 aromatic carbocycles. The van der Waals surface area contributed by atoms with Crippen molar-refractivity contribution in [3.63, 3.8) is 0 Å². The van der Waals surface area contributed by atoms with Crippen LogP contribution >= 0.6 is 0 Å². The number of hydrogen-bond acceptors (Lipinski definition) is 5. The second kappa shape index (κ2) is 8.69. The Morgan fingerprint density at radius 2 is 1.79 bits per heavy atom. The molecule has 1 saturated heterocycles. The molecule has 0 saturated carbocycles. The molecule has 7 nitrogen and oxygen atoms in total. The van der Waals surface area contributed by atoms with Gasteiger partial charge in [0.15, 0.2) is 5.76 Å². The predicted molar refractivity (Wildman–Crippen MR) is 109 cm³/mol. The molecule has 8 heteroatoms. The molecule has 0 unspecified atom stereocenters. The van der Waals surface area contributed by atoms with E-state index in [-0.39, 0.29) is 5.91 Å². The number of furan rings is 1. The number of sulfonamides is 1. The summed E-state index contributed by atoms with van der Waals surface area (Å²) in [4.78, 5) is 14.5. The third-order valence-electron chi connectivity index (χ3n) is 5.75. The first kappa shape index (κ1) is 20.1. The van der Waals surface area contributed by atoms with E-state index in [0.717, 1.165) is 19.3 Å². The summed E-state index contributed by atoms with van der Waals surface area (Å²) in [6.45, 7) is 3.41. The standard InChI is InChI=1S/C21H27N3O4S/c25-21(20-6-3-15-28-20)22-9-10-23-11-13-24(14-12-23)29(26,27)19-8-7-17-4-1-2-5-18(17)16-19/h3,6-8,15-16H,1-2,4-5,9-14H2,(H,22,25). The van der Waals surface area contributed by atoms with Crippen molar-refractivity contribution in [2.24, 2.45) is 0 Å². The van der Waals surface area contributed by atoms with E-state index in [9.17, 15) is 13.2 Å². The van der Waals surface area contributed by atoms with Crippen molar-refractivity contribution in [1.82, 2.24) is 14.5 Å². The predicted octanol–water partition coefficient (Wildman–Crippen LogP) is 1.89. The summed E-state index contributed by atoms with van der Waals surface area (Å²) >= 11 is 0. The number of nitrogens with zero attached hydrogens (tertiary/aromatic N) is 2. The van der Waals surface area contributed by atoms with Gasteiger partial charge in [-0.1, -0.05) is 6.07 Å². The first-order valence-electron chi connectivity index (χ1n) is 10.2. The van der Waals surface area contributed by atoms with E-state index >= 15 is 0 Å². The number of carbonyl (C=O) groups excluding carboxylic acids is 1. The van der Waals surface area contributed by atoms with Crippen LogP contribution in [-0.4, -0.2) is 62.8 Å². The Morgan fingerprint density at radius 1 is 1.03 bits per heavy atom. The molecule has 2 aliphatic rings. The quantitative estimate of drug-likeness (QED) is 0.776. The van der Waals surface area contributed by atoms with E-state index in [1.807, 2.05) is 12.1 Å². The molecule has 1 aromatic heterocycles. The topological polar surface area (TPSA) is 82.9 Å². The highest BCUT2D eigenvalue weighted by molar-refractivity contribution is 7.89. The van der Waals surface area contributed by atoms with Crippen molar-refractivity contribution in [3.8, 4) is 0 Å². The minimum atomic E-state index is -3.46. The van der Waals surface area contributed by atoms with Crippen LogP contribution in [-0.2, 0) is 22.9 Å². The lowest BCUT2D eigenvalue weighted by Gasteiger charge is -2.34. The molecule has 0 atom stereocenters. The van der Waals surface area contributed by atoms with E-state index in [4.69, 9.17) is 4.42 Å². The highest BCUT2D eigenvalue weighted by atomic mass is 32.2. The Bertz CT molecular complexity index is 948. The van der Waals surface area contributed by atoms with Gasteiger partial charge in [0.1, 0.15) is 0 Å². The fraction of sp³-hybridized carbons (Fsp3) is 0.476. The summed E-state index contributed by atoms with van der Waals surface area (Å²) in [5.41, 5.74) is 2.47. The monoisotopic (exact) mass is 417 g/mol. The molecule has 1 amide bonds. The molecule has 0 radical (unpaired) electrons. The van der Waals surface area contributed by atoms with Crippen molar-refractivity contribution in [2.45, 2.75) is 30.6 Å². The highest BCUT2D eigenvalue weighted by Gasteiger charge is 2.29. The summed E-state index contributed by atoms with van der Waals surface area (Å²) < 4.78 is 32.8. The van der Waals surface area contributed by atoms with Crippen LogP contribution in [0.5, 0.6) is 0 Å². The van der Waals surface area contributed by atoms with Gasteiger partial charge in [-0.2, -0.15) is 4.31 Å². The molecule has 1 aliphatic heterocycles. The van der Waals surface area contributed by atoms with Crippen LogP contribution in [0.2, 0.25) is 0 Å². The van der Waals surface area contributed by atoms with Gasteiger partial charge in [0.25, 0.3) is 5.91 Å². The molecule has 2 aromatic rings. The van der Waals surface area contributed by atoms with E-state index in [0.29, 0.717) is 49.9 Å². The summed E-state index contributed by atoms with van der Waals surface area (Å²) in [7, 11) is -3.46. The van der Waals surface area contributed by atoms with Crippen LogP contribution < -0.4 is 5.32 Å². The molecule has 29 heavy (non-hydrogen) atoms. The van der Waals surface area contributed by atoms with E-state index < -0.39 is 10.0 Å². The molecular weight excluding hydrogens is 390 g/mol. The lowest BCUT2D eigenvalue weighted by Crippen LogP contribution is -2.50. The Hall–Kier alpha value is -2.16. The van der Waals surface area contributed by atoms with Crippen LogP contribution in [0, 0.1) is 0 Å². The van der Waals surface area contributed by atoms with Crippen molar-refractivity contribution < 1.29 is 17.6 Å². The Kier molecular flexibility index (Phi) is 6.03.